The largest absolute Gasteiger partial charge is 0.329 e. The van der Waals surface area contributed by atoms with Crippen LogP contribution in [0.25, 0.3) is 0 Å². The molecule has 0 aromatic carbocycles. The summed E-state index contributed by atoms with van der Waals surface area (Å²) < 4.78 is 0. The standard InChI is InChI=1S/C15H30N2S/c1-13-5-3-8-15(11-13,12-16)17-9-4-6-14(18-2)7-10-17/h13-14H,3-12,16H2,1-2H3. The van der Waals surface area contributed by atoms with Crippen LogP contribution in [-0.4, -0.2) is 41.6 Å². The van der Waals surface area contributed by atoms with E-state index in [9.17, 15) is 0 Å². The predicted molar refractivity (Wildman–Crippen MR) is 82.1 cm³/mol. The second kappa shape index (κ2) is 6.62. The third-order valence-corrected chi connectivity index (χ3v) is 6.26. The summed E-state index contributed by atoms with van der Waals surface area (Å²) >= 11 is 2.06. The van der Waals surface area contributed by atoms with E-state index in [0.29, 0.717) is 5.54 Å². The molecule has 3 atom stereocenters. The lowest BCUT2D eigenvalue weighted by molar-refractivity contribution is 0.0420. The van der Waals surface area contributed by atoms with Crippen molar-refractivity contribution in [2.24, 2.45) is 11.7 Å². The first-order valence-electron chi connectivity index (χ1n) is 7.68. The molecular weight excluding hydrogens is 240 g/mol. The van der Waals surface area contributed by atoms with Crippen molar-refractivity contribution in [3.63, 3.8) is 0 Å². The first-order valence-corrected chi connectivity index (χ1v) is 8.97. The van der Waals surface area contributed by atoms with Gasteiger partial charge in [-0.3, -0.25) is 4.90 Å². The maximum absolute atomic E-state index is 6.20. The van der Waals surface area contributed by atoms with Gasteiger partial charge in [-0.15, -0.1) is 0 Å². The van der Waals surface area contributed by atoms with Gasteiger partial charge in [0, 0.05) is 17.3 Å². The van der Waals surface area contributed by atoms with Gasteiger partial charge in [0.2, 0.25) is 0 Å². The number of hydrogen-bond acceptors (Lipinski definition) is 3. The molecule has 0 spiro atoms. The van der Waals surface area contributed by atoms with Crippen LogP contribution in [0.4, 0.5) is 0 Å². The minimum absolute atomic E-state index is 0.338. The second-order valence-corrected chi connectivity index (χ2v) is 7.54. The third-order valence-electron chi connectivity index (χ3n) is 5.13. The molecule has 2 aliphatic rings. The average Bonchev–Trinajstić information content (AvgIpc) is 2.64. The molecule has 2 rings (SSSR count). The molecule has 0 bridgehead atoms. The molecule has 1 aliphatic heterocycles. The summed E-state index contributed by atoms with van der Waals surface area (Å²) in [5.41, 5.74) is 6.54. The fourth-order valence-corrected chi connectivity index (χ4v) is 4.75. The van der Waals surface area contributed by atoms with E-state index in [-0.39, 0.29) is 0 Å². The fourth-order valence-electron chi connectivity index (χ4n) is 4.01. The summed E-state index contributed by atoms with van der Waals surface area (Å²) in [6, 6.07) is 0. The van der Waals surface area contributed by atoms with Gasteiger partial charge in [-0.25, -0.2) is 0 Å². The summed E-state index contributed by atoms with van der Waals surface area (Å²) in [5, 5.41) is 0.880. The van der Waals surface area contributed by atoms with E-state index >= 15 is 0 Å². The van der Waals surface area contributed by atoms with Gasteiger partial charge < -0.3 is 5.73 Å². The molecule has 0 aromatic rings. The van der Waals surface area contributed by atoms with Gasteiger partial charge >= 0.3 is 0 Å². The monoisotopic (exact) mass is 270 g/mol. The van der Waals surface area contributed by atoms with Crippen LogP contribution < -0.4 is 5.73 Å². The van der Waals surface area contributed by atoms with Crippen molar-refractivity contribution in [3.8, 4) is 0 Å². The fraction of sp³-hybridized carbons (Fsp3) is 1.00. The highest BCUT2D eigenvalue weighted by atomic mass is 32.2. The molecule has 3 heteroatoms. The van der Waals surface area contributed by atoms with Gasteiger partial charge in [0.05, 0.1) is 0 Å². The number of rotatable bonds is 3. The molecule has 1 aliphatic carbocycles. The summed E-state index contributed by atoms with van der Waals surface area (Å²) in [6.07, 6.45) is 11.8. The van der Waals surface area contributed by atoms with Crippen LogP contribution in [0.2, 0.25) is 0 Å². The molecule has 0 amide bonds. The Labute approximate surface area is 117 Å². The first kappa shape index (κ1) is 14.7. The lowest BCUT2D eigenvalue weighted by Crippen LogP contribution is -2.56. The molecule has 2 nitrogen and oxygen atoms in total. The zero-order valence-corrected chi connectivity index (χ0v) is 13.0. The van der Waals surface area contributed by atoms with Crippen molar-refractivity contribution in [1.29, 1.82) is 0 Å². The van der Waals surface area contributed by atoms with E-state index in [2.05, 4.69) is 29.8 Å². The molecule has 2 N–H and O–H groups in total. The summed E-state index contributed by atoms with van der Waals surface area (Å²) in [6.45, 7) is 5.82. The smallest absolute Gasteiger partial charge is 0.0334 e. The van der Waals surface area contributed by atoms with Crippen LogP contribution in [0.5, 0.6) is 0 Å². The van der Waals surface area contributed by atoms with Gasteiger partial charge in [0.1, 0.15) is 0 Å². The van der Waals surface area contributed by atoms with Gasteiger partial charge in [-0.2, -0.15) is 11.8 Å². The number of likely N-dealkylation sites (tertiary alicyclic amines) is 1. The molecule has 1 heterocycles. The quantitative estimate of drug-likeness (QED) is 0.854. The van der Waals surface area contributed by atoms with Crippen LogP contribution in [0.1, 0.15) is 51.9 Å². The van der Waals surface area contributed by atoms with Gasteiger partial charge in [-0.05, 0) is 57.4 Å². The second-order valence-electron chi connectivity index (χ2n) is 6.41. The van der Waals surface area contributed by atoms with E-state index in [1.165, 1.54) is 58.0 Å². The number of nitrogens with zero attached hydrogens (tertiary/aromatic N) is 1. The maximum Gasteiger partial charge on any atom is 0.0334 e. The van der Waals surface area contributed by atoms with Crippen molar-refractivity contribution in [3.05, 3.63) is 0 Å². The normalized spacial score (nSPS) is 39.5. The zero-order chi connectivity index (χ0) is 13.0. The lowest BCUT2D eigenvalue weighted by atomic mass is 9.75. The van der Waals surface area contributed by atoms with E-state index in [1.807, 2.05) is 0 Å². The van der Waals surface area contributed by atoms with Crippen molar-refractivity contribution in [1.82, 2.24) is 4.90 Å². The number of nitrogens with two attached hydrogens (primary N) is 1. The third kappa shape index (κ3) is 3.23. The van der Waals surface area contributed by atoms with E-state index < -0.39 is 0 Å². The maximum atomic E-state index is 6.20. The molecule has 2 fully saturated rings. The minimum Gasteiger partial charge on any atom is -0.329 e. The van der Waals surface area contributed by atoms with Crippen molar-refractivity contribution < 1.29 is 0 Å². The van der Waals surface area contributed by atoms with Crippen LogP contribution >= 0.6 is 11.8 Å². The molecule has 106 valence electrons. The molecule has 0 aromatic heterocycles. The van der Waals surface area contributed by atoms with Gasteiger partial charge in [0.15, 0.2) is 0 Å². The van der Waals surface area contributed by atoms with Crippen molar-refractivity contribution in [2.45, 2.75) is 62.7 Å². The highest BCUT2D eigenvalue weighted by Gasteiger charge is 2.39. The highest BCUT2D eigenvalue weighted by molar-refractivity contribution is 7.99. The molecule has 0 radical (unpaired) electrons. The van der Waals surface area contributed by atoms with E-state index in [4.69, 9.17) is 5.73 Å². The molecule has 1 saturated heterocycles. The minimum atomic E-state index is 0.338. The molecule has 3 unspecified atom stereocenters. The van der Waals surface area contributed by atoms with Gasteiger partial charge in [0.25, 0.3) is 0 Å². The van der Waals surface area contributed by atoms with Gasteiger partial charge in [-0.1, -0.05) is 19.8 Å². The summed E-state index contributed by atoms with van der Waals surface area (Å²) in [5.74, 6) is 0.863. The Morgan fingerprint density at radius 3 is 2.72 bits per heavy atom. The Morgan fingerprint density at radius 1 is 1.22 bits per heavy atom. The van der Waals surface area contributed by atoms with Crippen LogP contribution in [0, 0.1) is 5.92 Å². The lowest BCUT2D eigenvalue weighted by Gasteiger charge is -2.47. The summed E-state index contributed by atoms with van der Waals surface area (Å²) in [7, 11) is 0. The van der Waals surface area contributed by atoms with Crippen LogP contribution in [0.3, 0.4) is 0 Å². The Hall–Kier alpha value is 0.270. The van der Waals surface area contributed by atoms with Crippen molar-refractivity contribution in [2.75, 3.05) is 25.9 Å². The average molecular weight is 270 g/mol. The van der Waals surface area contributed by atoms with Crippen molar-refractivity contribution >= 4 is 11.8 Å². The highest BCUT2D eigenvalue weighted by Crippen LogP contribution is 2.38. The number of thioether (sulfide) groups is 1. The SMILES string of the molecule is CSC1CCCN(C2(CN)CCCC(C)C2)CC1. The Morgan fingerprint density at radius 2 is 2.06 bits per heavy atom. The topological polar surface area (TPSA) is 29.3 Å². The molecule has 1 saturated carbocycles. The molecule has 18 heavy (non-hydrogen) atoms. The number of hydrogen-bond donors (Lipinski definition) is 1. The predicted octanol–water partition coefficient (Wildman–Crippen LogP) is 3.11. The van der Waals surface area contributed by atoms with E-state index in [1.54, 1.807) is 0 Å². The Balaban J connectivity index is 2.02. The zero-order valence-electron chi connectivity index (χ0n) is 12.2. The summed E-state index contributed by atoms with van der Waals surface area (Å²) in [4.78, 5) is 2.76. The molecular formula is C15H30N2S. The van der Waals surface area contributed by atoms with E-state index in [0.717, 1.165) is 17.7 Å². The van der Waals surface area contributed by atoms with Crippen LogP contribution in [0.15, 0.2) is 0 Å². The Kier molecular flexibility index (Phi) is 5.40. The van der Waals surface area contributed by atoms with Crippen LogP contribution in [-0.2, 0) is 0 Å². The Bertz CT molecular complexity index is 259. The first-order chi connectivity index (χ1) is 8.70.